The lowest BCUT2D eigenvalue weighted by molar-refractivity contribution is 0.0602. The van der Waals surface area contributed by atoms with E-state index < -0.39 is 11.9 Å². The molecule has 7 nitrogen and oxygen atoms in total. The fourth-order valence-corrected chi connectivity index (χ4v) is 3.36. The summed E-state index contributed by atoms with van der Waals surface area (Å²) in [6.45, 7) is 1.62. The highest BCUT2D eigenvalue weighted by molar-refractivity contribution is 6.06. The molecule has 1 N–H and O–H groups in total. The quantitative estimate of drug-likeness (QED) is 0.692. The average molecular weight is 388 g/mol. The van der Waals surface area contributed by atoms with Crippen molar-refractivity contribution >= 4 is 23.4 Å². The maximum absolute atomic E-state index is 12.5. The van der Waals surface area contributed by atoms with Gasteiger partial charge in [-0.25, -0.2) is 14.8 Å². The van der Waals surface area contributed by atoms with Crippen LogP contribution >= 0.6 is 0 Å². The van der Waals surface area contributed by atoms with Gasteiger partial charge in [-0.1, -0.05) is 36.4 Å². The molecule has 1 amide bonds. The van der Waals surface area contributed by atoms with Gasteiger partial charge >= 0.3 is 5.97 Å². The van der Waals surface area contributed by atoms with Gasteiger partial charge in [-0.2, -0.15) is 0 Å². The van der Waals surface area contributed by atoms with Crippen molar-refractivity contribution in [2.75, 3.05) is 23.9 Å². The Morgan fingerprint density at radius 3 is 2.52 bits per heavy atom. The molecule has 0 saturated heterocycles. The predicted octanol–water partition coefficient (Wildman–Crippen LogP) is 3.08. The van der Waals surface area contributed by atoms with Crippen LogP contribution in [-0.4, -0.2) is 35.5 Å². The number of carbonyl (C=O) groups excluding carboxylic acids is 2. The van der Waals surface area contributed by atoms with Crippen LogP contribution in [0.25, 0.3) is 0 Å². The molecule has 0 spiro atoms. The number of hydrogen-bond donors (Lipinski definition) is 1. The van der Waals surface area contributed by atoms with Crippen molar-refractivity contribution in [3.63, 3.8) is 0 Å². The number of methoxy groups -OCH3 is 1. The highest BCUT2D eigenvalue weighted by Gasteiger charge is 2.19. The lowest BCUT2D eigenvalue weighted by Gasteiger charge is -2.29. The summed E-state index contributed by atoms with van der Waals surface area (Å²) in [7, 11) is 1.30. The van der Waals surface area contributed by atoms with E-state index in [0.29, 0.717) is 5.69 Å². The third kappa shape index (κ3) is 3.94. The minimum Gasteiger partial charge on any atom is -0.465 e. The fraction of sp³-hybridized carbons (Fsp3) is 0.182. The fourth-order valence-electron chi connectivity index (χ4n) is 3.36. The molecule has 0 aliphatic carbocycles. The summed E-state index contributed by atoms with van der Waals surface area (Å²) in [5.74, 6) is -0.233. The Morgan fingerprint density at radius 1 is 1.00 bits per heavy atom. The minimum absolute atomic E-state index is 0.172. The second-order valence-electron chi connectivity index (χ2n) is 6.69. The molecule has 29 heavy (non-hydrogen) atoms. The van der Waals surface area contributed by atoms with Crippen LogP contribution in [0, 0.1) is 0 Å². The third-order valence-corrected chi connectivity index (χ3v) is 4.91. The van der Waals surface area contributed by atoms with Gasteiger partial charge in [0.25, 0.3) is 5.91 Å². The molecule has 0 bridgehead atoms. The standard InChI is InChI=1S/C22H20N4O3/c1-29-22(28)17-8-4-5-9-18(17)25-21(27)19-12-24-20(13-23-19)26-11-10-15-6-2-3-7-16(15)14-26/h2-9,12-13H,10-11,14H2,1H3,(H,25,27). The summed E-state index contributed by atoms with van der Waals surface area (Å²) >= 11 is 0. The summed E-state index contributed by atoms with van der Waals surface area (Å²) in [4.78, 5) is 35.2. The summed E-state index contributed by atoms with van der Waals surface area (Å²) in [6, 6.07) is 15.0. The normalized spacial score (nSPS) is 12.8. The van der Waals surface area contributed by atoms with Gasteiger partial charge in [-0.15, -0.1) is 0 Å². The number of para-hydroxylation sites is 1. The Balaban J connectivity index is 1.48. The molecule has 2 aromatic carbocycles. The number of nitrogens with one attached hydrogen (secondary N) is 1. The minimum atomic E-state index is -0.521. The molecule has 2 heterocycles. The first-order chi connectivity index (χ1) is 14.2. The Morgan fingerprint density at radius 2 is 1.76 bits per heavy atom. The number of fused-ring (bicyclic) bond motifs is 1. The molecular weight excluding hydrogens is 368 g/mol. The van der Waals surface area contributed by atoms with E-state index in [1.807, 2.05) is 6.07 Å². The van der Waals surface area contributed by atoms with E-state index in [1.54, 1.807) is 30.5 Å². The SMILES string of the molecule is COC(=O)c1ccccc1NC(=O)c1cnc(N2CCc3ccccc3C2)cn1. The number of amides is 1. The van der Waals surface area contributed by atoms with Crippen molar-refractivity contribution < 1.29 is 14.3 Å². The van der Waals surface area contributed by atoms with Crippen LogP contribution in [-0.2, 0) is 17.7 Å². The number of carbonyl (C=O) groups is 2. The first-order valence-electron chi connectivity index (χ1n) is 9.28. The maximum Gasteiger partial charge on any atom is 0.339 e. The van der Waals surface area contributed by atoms with E-state index in [4.69, 9.17) is 4.74 Å². The van der Waals surface area contributed by atoms with Crippen molar-refractivity contribution in [1.29, 1.82) is 0 Å². The molecule has 3 aromatic rings. The largest absolute Gasteiger partial charge is 0.465 e. The van der Waals surface area contributed by atoms with E-state index in [0.717, 1.165) is 25.3 Å². The summed E-state index contributed by atoms with van der Waals surface area (Å²) in [5, 5.41) is 2.70. The van der Waals surface area contributed by atoms with Crippen LogP contribution in [0.3, 0.4) is 0 Å². The van der Waals surface area contributed by atoms with Gasteiger partial charge in [0.15, 0.2) is 0 Å². The van der Waals surface area contributed by atoms with Crippen LogP contribution in [0.2, 0.25) is 0 Å². The molecule has 0 atom stereocenters. The number of benzene rings is 2. The van der Waals surface area contributed by atoms with Crippen LogP contribution in [0.4, 0.5) is 11.5 Å². The van der Waals surface area contributed by atoms with Crippen molar-refractivity contribution in [3.05, 3.63) is 83.3 Å². The predicted molar refractivity (Wildman–Crippen MR) is 109 cm³/mol. The van der Waals surface area contributed by atoms with Gasteiger partial charge in [0, 0.05) is 13.1 Å². The Bertz CT molecular complexity index is 1050. The number of anilines is 2. The zero-order valence-electron chi connectivity index (χ0n) is 16.0. The molecule has 7 heteroatoms. The first kappa shape index (κ1) is 18.6. The number of esters is 1. The second kappa shape index (κ2) is 8.10. The van der Waals surface area contributed by atoms with Gasteiger partial charge in [0.2, 0.25) is 0 Å². The van der Waals surface area contributed by atoms with Crippen LogP contribution in [0.15, 0.2) is 60.9 Å². The highest BCUT2D eigenvalue weighted by atomic mass is 16.5. The number of hydrogen-bond acceptors (Lipinski definition) is 6. The van der Waals surface area contributed by atoms with Crippen LogP contribution < -0.4 is 10.2 Å². The number of rotatable bonds is 4. The molecule has 1 aliphatic heterocycles. The zero-order chi connectivity index (χ0) is 20.2. The lowest BCUT2D eigenvalue weighted by atomic mass is 10.0. The van der Waals surface area contributed by atoms with Crippen molar-refractivity contribution in [2.24, 2.45) is 0 Å². The van der Waals surface area contributed by atoms with Crippen LogP contribution in [0.1, 0.15) is 32.0 Å². The van der Waals surface area contributed by atoms with Crippen molar-refractivity contribution in [1.82, 2.24) is 9.97 Å². The molecule has 4 rings (SSSR count). The molecule has 146 valence electrons. The number of nitrogens with zero attached hydrogens (tertiary/aromatic N) is 3. The lowest BCUT2D eigenvalue weighted by Crippen LogP contribution is -2.31. The molecule has 0 unspecified atom stereocenters. The molecule has 0 saturated carbocycles. The molecular formula is C22H20N4O3. The average Bonchev–Trinajstić information content (AvgIpc) is 2.78. The van der Waals surface area contributed by atoms with E-state index in [9.17, 15) is 9.59 Å². The first-order valence-corrected chi connectivity index (χ1v) is 9.28. The maximum atomic E-state index is 12.5. The molecule has 1 aromatic heterocycles. The van der Waals surface area contributed by atoms with Gasteiger partial charge in [0.05, 0.1) is 30.8 Å². The number of ether oxygens (including phenoxy) is 1. The van der Waals surface area contributed by atoms with E-state index in [-0.39, 0.29) is 11.3 Å². The highest BCUT2D eigenvalue weighted by Crippen LogP contribution is 2.22. The Labute approximate surface area is 168 Å². The van der Waals surface area contributed by atoms with Crippen molar-refractivity contribution in [2.45, 2.75) is 13.0 Å². The van der Waals surface area contributed by atoms with Crippen molar-refractivity contribution in [3.8, 4) is 0 Å². The van der Waals surface area contributed by atoms with Gasteiger partial charge in [-0.3, -0.25) is 4.79 Å². The van der Waals surface area contributed by atoms with Gasteiger partial charge < -0.3 is 15.0 Å². The topological polar surface area (TPSA) is 84.4 Å². The zero-order valence-corrected chi connectivity index (χ0v) is 16.0. The van der Waals surface area contributed by atoms with E-state index >= 15 is 0 Å². The third-order valence-electron chi connectivity index (χ3n) is 4.91. The second-order valence-corrected chi connectivity index (χ2v) is 6.69. The van der Waals surface area contributed by atoms with E-state index in [1.165, 1.54) is 24.4 Å². The Kier molecular flexibility index (Phi) is 5.20. The number of aromatic nitrogens is 2. The Hall–Kier alpha value is -3.74. The molecule has 0 fully saturated rings. The molecule has 1 aliphatic rings. The van der Waals surface area contributed by atoms with Gasteiger partial charge in [-0.05, 0) is 29.7 Å². The summed E-state index contributed by atoms with van der Waals surface area (Å²) in [6.07, 6.45) is 4.01. The van der Waals surface area contributed by atoms with Crippen LogP contribution in [0.5, 0.6) is 0 Å². The van der Waals surface area contributed by atoms with E-state index in [2.05, 4.69) is 38.4 Å². The van der Waals surface area contributed by atoms with Gasteiger partial charge in [0.1, 0.15) is 11.5 Å². The molecule has 0 radical (unpaired) electrons. The monoisotopic (exact) mass is 388 g/mol. The summed E-state index contributed by atoms with van der Waals surface area (Å²) in [5.41, 5.74) is 3.45. The summed E-state index contributed by atoms with van der Waals surface area (Å²) < 4.78 is 4.75. The smallest absolute Gasteiger partial charge is 0.339 e.